The van der Waals surface area contributed by atoms with Crippen molar-refractivity contribution in [2.45, 2.75) is 72.8 Å². The van der Waals surface area contributed by atoms with E-state index in [4.69, 9.17) is 9.25 Å². The summed E-state index contributed by atoms with van der Waals surface area (Å²) in [6, 6.07) is 2.49. The number of unbranched alkanes of at least 4 members (excludes halogenated alkanes) is 2. The molecule has 3 amide bonds. The average Bonchev–Trinajstić information content (AvgIpc) is 3.26. The third-order valence-electron chi connectivity index (χ3n) is 4.83. The van der Waals surface area contributed by atoms with E-state index in [1.165, 1.54) is 12.3 Å². The van der Waals surface area contributed by atoms with Gasteiger partial charge in [0.05, 0.1) is 30.3 Å². The van der Waals surface area contributed by atoms with Gasteiger partial charge in [-0.3, -0.25) is 14.4 Å². The van der Waals surface area contributed by atoms with E-state index in [0.29, 0.717) is 19.3 Å². The molecule has 9 nitrogen and oxygen atoms in total. The third kappa shape index (κ3) is 8.43. The molecule has 0 bridgehead atoms. The van der Waals surface area contributed by atoms with Gasteiger partial charge in [0.1, 0.15) is 0 Å². The minimum Gasteiger partial charge on any atom is -0.459 e. The molecule has 2 N–H and O–H groups in total. The van der Waals surface area contributed by atoms with Crippen LogP contribution in [0.1, 0.15) is 77.3 Å². The van der Waals surface area contributed by atoms with Crippen molar-refractivity contribution in [3.63, 3.8) is 0 Å². The zero-order valence-electron chi connectivity index (χ0n) is 19.1. The second-order valence-corrected chi connectivity index (χ2v) is 8.37. The molecule has 0 spiro atoms. The van der Waals surface area contributed by atoms with Gasteiger partial charge in [-0.2, -0.15) is 5.06 Å². The van der Waals surface area contributed by atoms with Crippen LogP contribution in [0.25, 0.3) is 0 Å². The fourth-order valence-electron chi connectivity index (χ4n) is 2.99. The molecule has 2 atom stereocenters. The Kier molecular flexibility index (Phi) is 10.8. The number of furan rings is 1. The summed E-state index contributed by atoms with van der Waals surface area (Å²) in [6.45, 7) is 8.84. The second kappa shape index (κ2) is 12.8. The van der Waals surface area contributed by atoms with Gasteiger partial charge in [0.2, 0.25) is 12.3 Å². The Morgan fingerprint density at radius 2 is 1.90 bits per heavy atom. The molecule has 1 aromatic heterocycles. The highest BCUT2D eigenvalue weighted by Crippen LogP contribution is 2.24. The molecule has 0 radical (unpaired) electrons. The van der Waals surface area contributed by atoms with Crippen molar-refractivity contribution in [2.75, 3.05) is 6.67 Å². The lowest BCUT2D eigenvalue weighted by atomic mass is 9.90. The van der Waals surface area contributed by atoms with Crippen LogP contribution in [0, 0.1) is 11.3 Å². The summed E-state index contributed by atoms with van der Waals surface area (Å²) >= 11 is 0. The van der Waals surface area contributed by atoms with Crippen molar-refractivity contribution in [3.8, 4) is 0 Å². The van der Waals surface area contributed by atoms with Gasteiger partial charge in [0, 0.05) is 0 Å². The first-order chi connectivity index (χ1) is 14.6. The van der Waals surface area contributed by atoms with Crippen molar-refractivity contribution < 1.29 is 28.4 Å². The minimum atomic E-state index is -0.796. The molecule has 1 aromatic rings. The van der Waals surface area contributed by atoms with Crippen LogP contribution in [-0.2, 0) is 19.2 Å². The normalized spacial score (nSPS) is 13.1. The van der Waals surface area contributed by atoms with Gasteiger partial charge >= 0.3 is 5.97 Å². The third-order valence-corrected chi connectivity index (χ3v) is 4.83. The van der Waals surface area contributed by atoms with Crippen LogP contribution >= 0.6 is 0 Å². The van der Waals surface area contributed by atoms with Gasteiger partial charge in [0.25, 0.3) is 5.91 Å². The maximum Gasteiger partial charge on any atom is 0.337 e. The predicted octanol–water partition coefficient (Wildman–Crippen LogP) is 3.02. The van der Waals surface area contributed by atoms with Crippen molar-refractivity contribution in [3.05, 3.63) is 24.2 Å². The molecule has 0 unspecified atom stereocenters. The van der Waals surface area contributed by atoms with E-state index in [1.807, 2.05) is 6.92 Å². The molecule has 0 saturated heterocycles. The lowest BCUT2D eigenvalue weighted by Gasteiger charge is -2.33. The largest absolute Gasteiger partial charge is 0.459 e. The number of hydrogen-bond acceptors (Lipinski definition) is 6. The quantitative estimate of drug-likeness (QED) is 0.212. The summed E-state index contributed by atoms with van der Waals surface area (Å²) in [5.41, 5.74) is -0.796. The van der Waals surface area contributed by atoms with E-state index in [0.717, 1.165) is 24.3 Å². The number of rotatable bonds is 13. The molecular formula is C22H35N3O6. The Morgan fingerprint density at radius 1 is 1.19 bits per heavy atom. The first-order valence-corrected chi connectivity index (χ1v) is 10.7. The summed E-state index contributed by atoms with van der Waals surface area (Å²) < 4.78 is 5.01. The highest BCUT2D eigenvalue weighted by atomic mass is 16.7. The molecule has 174 valence electrons. The molecule has 0 aromatic carbocycles. The Hall–Kier alpha value is -2.84. The van der Waals surface area contributed by atoms with Crippen LogP contribution in [0.5, 0.6) is 0 Å². The van der Waals surface area contributed by atoms with E-state index >= 15 is 0 Å². The first kappa shape index (κ1) is 26.2. The van der Waals surface area contributed by atoms with Gasteiger partial charge in [-0.15, -0.1) is 0 Å². The molecule has 0 fully saturated rings. The summed E-state index contributed by atoms with van der Waals surface area (Å²) in [4.78, 5) is 54.2. The summed E-state index contributed by atoms with van der Waals surface area (Å²) in [5.74, 6) is -1.80. The zero-order chi connectivity index (χ0) is 23.4. The number of hydrogen-bond donors (Lipinski definition) is 2. The van der Waals surface area contributed by atoms with Crippen LogP contribution in [0.15, 0.2) is 22.8 Å². The molecule has 0 saturated carbocycles. The molecule has 1 heterocycles. The highest BCUT2D eigenvalue weighted by molar-refractivity contribution is 5.91. The molecule has 1 rings (SSSR count). The average molecular weight is 438 g/mol. The Bertz CT molecular complexity index is 711. The van der Waals surface area contributed by atoms with Crippen molar-refractivity contribution in [1.29, 1.82) is 0 Å². The maximum atomic E-state index is 12.9. The summed E-state index contributed by atoms with van der Waals surface area (Å²) in [5, 5.41) is 6.19. The Balaban J connectivity index is 2.86. The lowest BCUT2D eigenvalue weighted by molar-refractivity contribution is -0.211. The van der Waals surface area contributed by atoms with Crippen LogP contribution < -0.4 is 10.6 Å². The smallest absolute Gasteiger partial charge is 0.337 e. The van der Waals surface area contributed by atoms with Crippen LogP contribution in [0.3, 0.4) is 0 Å². The maximum absolute atomic E-state index is 12.9. The van der Waals surface area contributed by atoms with Crippen LogP contribution in [-0.4, -0.2) is 42.0 Å². The second-order valence-electron chi connectivity index (χ2n) is 8.37. The van der Waals surface area contributed by atoms with Crippen molar-refractivity contribution in [1.82, 2.24) is 15.7 Å². The van der Waals surface area contributed by atoms with E-state index in [1.54, 1.807) is 26.8 Å². The fraction of sp³-hybridized carbons (Fsp3) is 0.636. The summed E-state index contributed by atoms with van der Waals surface area (Å²) in [7, 11) is 0. The molecule has 9 heteroatoms. The molecular weight excluding hydrogens is 402 g/mol. The van der Waals surface area contributed by atoms with Crippen LogP contribution in [0.2, 0.25) is 0 Å². The molecule has 0 aliphatic heterocycles. The summed E-state index contributed by atoms with van der Waals surface area (Å²) in [6.07, 6.45) is 5.44. The van der Waals surface area contributed by atoms with Gasteiger partial charge in [-0.05, 0) is 45.7 Å². The van der Waals surface area contributed by atoms with Gasteiger partial charge in [0.15, 0.2) is 5.76 Å². The number of amides is 3. The van der Waals surface area contributed by atoms with E-state index < -0.39 is 29.3 Å². The van der Waals surface area contributed by atoms with Crippen LogP contribution in [0.4, 0.5) is 0 Å². The first-order valence-electron chi connectivity index (χ1n) is 10.7. The number of hydroxylamine groups is 2. The predicted molar refractivity (Wildman–Crippen MR) is 114 cm³/mol. The number of nitrogens with zero attached hydrogens (tertiary/aromatic N) is 1. The molecule has 31 heavy (non-hydrogen) atoms. The van der Waals surface area contributed by atoms with Crippen molar-refractivity contribution in [2.24, 2.45) is 11.3 Å². The highest BCUT2D eigenvalue weighted by Gasteiger charge is 2.35. The van der Waals surface area contributed by atoms with E-state index in [9.17, 15) is 19.2 Å². The fourth-order valence-corrected chi connectivity index (χ4v) is 2.99. The SMILES string of the molecule is CCCCC[C@@H](C(=O)NCNC(=O)c1ccco1)[C@@H](CC)N(C=O)OC(=O)C(C)(C)C. The minimum absolute atomic E-state index is 0.0953. The molecule has 0 aliphatic rings. The van der Waals surface area contributed by atoms with E-state index in [2.05, 4.69) is 17.6 Å². The number of nitrogens with one attached hydrogen (secondary N) is 2. The zero-order valence-corrected chi connectivity index (χ0v) is 19.1. The molecule has 0 aliphatic carbocycles. The number of carbonyl (C=O) groups excluding carboxylic acids is 4. The van der Waals surface area contributed by atoms with Gasteiger partial charge < -0.3 is 19.9 Å². The van der Waals surface area contributed by atoms with Gasteiger partial charge in [-0.25, -0.2) is 4.79 Å². The van der Waals surface area contributed by atoms with Gasteiger partial charge in [-0.1, -0.05) is 33.1 Å². The monoisotopic (exact) mass is 437 g/mol. The lowest BCUT2D eigenvalue weighted by Crippen LogP contribution is -2.49. The topological polar surface area (TPSA) is 118 Å². The Labute approximate surface area is 183 Å². The van der Waals surface area contributed by atoms with Crippen molar-refractivity contribution >= 4 is 24.2 Å². The standard InChI is InChI=1S/C22H35N3O6/c1-6-8-9-11-16(17(7-2)25(15-26)31-21(29)22(3,4)5)19(27)23-14-24-20(28)18-12-10-13-30-18/h10,12-13,15-17H,6-9,11,14H2,1-5H3,(H,23,27)(H,24,28)/t16-,17-/m1/s1. The van der Waals surface area contributed by atoms with E-state index in [-0.39, 0.29) is 18.3 Å². The Morgan fingerprint density at radius 3 is 2.42 bits per heavy atom. The number of carbonyl (C=O) groups is 4.